The first-order valence-electron chi connectivity index (χ1n) is 6.41. The van der Waals surface area contributed by atoms with E-state index in [4.69, 9.17) is 12.2 Å². The highest BCUT2D eigenvalue weighted by Crippen LogP contribution is 2.10. The number of unbranched alkanes of at least 4 members (excludes halogenated alkanes) is 2. The second kappa shape index (κ2) is 7.31. The highest BCUT2D eigenvalue weighted by molar-refractivity contribution is 5.60. The maximum Gasteiger partial charge on any atom is 0.330 e. The summed E-state index contributed by atoms with van der Waals surface area (Å²) in [5.41, 5.74) is 5.17. The molecule has 0 fully saturated rings. The van der Waals surface area contributed by atoms with Gasteiger partial charge in [-0.2, -0.15) is 0 Å². The van der Waals surface area contributed by atoms with Crippen LogP contribution >= 0.6 is 0 Å². The van der Waals surface area contributed by atoms with Crippen LogP contribution in [0, 0.1) is 12.3 Å². The van der Waals surface area contributed by atoms with E-state index in [1.807, 2.05) is 6.92 Å². The fraction of sp³-hybridized carbons (Fsp3) is 0.538. The summed E-state index contributed by atoms with van der Waals surface area (Å²) in [7, 11) is 0. The smallest absolute Gasteiger partial charge is 0.330 e. The second-order valence-electron chi connectivity index (χ2n) is 4.26. The molecule has 1 rings (SSSR count). The SMILES string of the molecule is C#CCCCNc1c(N)n(CCCC)c(=O)[nH]c1=O. The van der Waals surface area contributed by atoms with Gasteiger partial charge in [0.1, 0.15) is 11.5 Å². The number of nitrogens with zero attached hydrogens (tertiary/aromatic N) is 1. The van der Waals surface area contributed by atoms with Crippen molar-refractivity contribution in [1.29, 1.82) is 0 Å². The van der Waals surface area contributed by atoms with Crippen LogP contribution in [0.15, 0.2) is 9.59 Å². The lowest BCUT2D eigenvalue weighted by Gasteiger charge is -2.13. The lowest BCUT2D eigenvalue weighted by atomic mass is 10.3. The van der Waals surface area contributed by atoms with Crippen molar-refractivity contribution in [2.75, 3.05) is 17.6 Å². The van der Waals surface area contributed by atoms with Gasteiger partial charge in [0, 0.05) is 19.5 Å². The van der Waals surface area contributed by atoms with Crippen LogP contribution in [0.4, 0.5) is 11.5 Å². The molecule has 6 heteroatoms. The Kier molecular flexibility index (Phi) is 5.73. The number of hydrogen-bond acceptors (Lipinski definition) is 4. The average Bonchev–Trinajstić information content (AvgIpc) is 2.37. The van der Waals surface area contributed by atoms with Crippen LogP contribution < -0.4 is 22.3 Å². The summed E-state index contributed by atoms with van der Waals surface area (Å²) in [6.07, 6.45) is 8.28. The number of hydrogen-bond donors (Lipinski definition) is 3. The Morgan fingerprint density at radius 1 is 1.42 bits per heavy atom. The van der Waals surface area contributed by atoms with Gasteiger partial charge in [-0.1, -0.05) is 13.3 Å². The quantitative estimate of drug-likeness (QED) is 0.500. The molecule has 0 radical (unpaired) electrons. The zero-order chi connectivity index (χ0) is 14.3. The fourth-order valence-corrected chi connectivity index (χ4v) is 1.70. The Morgan fingerprint density at radius 3 is 2.79 bits per heavy atom. The highest BCUT2D eigenvalue weighted by Gasteiger charge is 2.11. The monoisotopic (exact) mass is 264 g/mol. The van der Waals surface area contributed by atoms with Crippen molar-refractivity contribution in [3.63, 3.8) is 0 Å². The van der Waals surface area contributed by atoms with E-state index in [-0.39, 0.29) is 11.5 Å². The van der Waals surface area contributed by atoms with Gasteiger partial charge in [-0.05, 0) is 12.8 Å². The molecule has 0 saturated carbocycles. The van der Waals surface area contributed by atoms with E-state index in [2.05, 4.69) is 16.2 Å². The molecule has 0 amide bonds. The van der Waals surface area contributed by atoms with E-state index in [9.17, 15) is 9.59 Å². The molecule has 0 unspecified atom stereocenters. The van der Waals surface area contributed by atoms with Crippen LogP contribution in [0.1, 0.15) is 32.6 Å². The predicted molar refractivity (Wildman–Crippen MR) is 77.2 cm³/mol. The number of terminal acetylenes is 1. The Morgan fingerprint density at radius 2 is 2.16 bits per heavy atom. The molecule has 6 nitrogen and oxygen atoms in total. The first kappa shape index (κ1) is 14.9. The number of nitrogens with two attached hydrogens (primary N) is 1. The van der Waals surface area contributed by atoms with Crippen LogP contribution in [-0.4, -0.2) is 16.1 Å². The maximum absolute atomic E-state index is 11.7. The van der Waals surface area contributed by atoms with Crippen molar-refractivity contribution in [2.45, 2.75) is 39.2 Å². The van der Waals surface area contributed by atoms with Gasteiger partial charge < -0.3 is 11.1 Å². The molecule has 1 aromatic heterocycles. The van der Waals surface area contributed by atoms with E-state index >= 15 is 0 Å². The molecule has 0 aliphatic carbocycles. The minimum Gasteiger partial charge on any atom is -0.383 e. The van der Waals surface area contributed by atoms with Crippen molar-refractivity contribution in [1.82, 2.24) is 9.55 Å². The second-order valence-corrected chi connectivity index (χ2v) is 4.26. The topological polar surface area (TPSA) is 92.9 Å². The summed E-state index contributed by atoms with van der Waals surface area (Å²) < 4.78 is 1.38. The molecular weight excluding hydrogens is 244 g/mol. The standard InChI is InChI=1S/C13H20N4O2/c1-3-5-7-8-15-10-11(14)17(9-6-4-2)13(19)16-12(10)18/h1,15H,4-9,14H2,2H3,(H,16,18,19). The van der Waals surface area contributed by atoms with E-state index < -0.39 is 11.2 Å². The Bertz CT molecular complexity index is 565. The van der Waals surface area contributed by atoms with Gasteiger partial charge in [-0.3, -0.25) is 14.3 Å². The molecule has 0 aliphatic rings. The molecule has 0 aromatic carbocycles. The molecule has 0 spiro atoms. The van der Waals surface area contributed by atoms with Crippen molar-refractivity contribution in [2.24, 2.45) is 0 Å². The molecule has 19 heavy (non-hydrogen) atoms. The summed E-state index contributed by atoms with van der Waals surface area (Å²) in [6, 6.07) is 0. The lowest BCUT2D eigenvalue weighted by molar-refractivity contribution is 0.605. The van der Waals surface area contributed by atoms with E-state index in [0.29, 0.717) is 19.5 Å². The van der Waals surface area contributed by atoms with E-state index in [0.717, 1.165) is 19.3 Å². The zero-order valence-corrected chi connectivity index (χ0v) is 11.2. The minimum atomic E-state index is -0.490. The first-order valence-corrected chi connectivity index (χ1v) is 6.41. The van der Waals surface area contributed by atoms with Gasteiger partial charge in [0.2, 0.25) is 0 Å². The molecular formula is C13H20N4O2. The van der Waals surface area contributed by atoms with Crippen molar-refractivity contribution in [3.05, 3.63) is 20.8 Å². The Balaban J connectivity index is 2.94. The summed E-state index contributed by atoms with van der Waals surface area (Å²) in [6.45, 7) is 3.06. The molecule has 1 aromatic rings. The van der Waals surface area contributed by atoms with Gasteiger partial charge in [-0.15, -0.1) is 12.3 Å². The summed E-state index contributed by atoms with van der Waals surface area (Å²) >= 11 is 0. The molecule has 104 valence electrons. The average molecular weight is 264 g/mol. The molecule has 4 N–H and O–H groups in total. The number of aromatic amines is 1. The van der Waals surface area contributed by atoms with Crippen LogP contribution in [0.2, 0.25) is 0 Å². The van der Waals surface area contributed by atoms with Crippen molar-refractivity contribution in [3.8, 4) is 12.3 Å². The maximum atomic E-state index is 11.7. The zero-order valence-electron chi connectivity index (χ0n) is 11.2. The summed E-state index contributed by atoms with van der Waals surface area (Å²) in [5.74, 6) is 2.70. The van der Waals surface area contributed by atoms with E-state index in [1.54, 1.807) is 0 Å². The number of nitrogen functional groups attached to an aromatic ring is 1. The van der Waals surface area contributed by atoms with Gasteiger partial charge in [0.25, 0.3) is 5.56 Å². The van der Waals surface area contributed by atoms with Crippen molar-refractivity contribution >= 4 is 11.5 Å². The van der Waals surface area contributed by atoms with Crippen LogP contribution in [-0.2, 0) is 6.54 Å². The Hall–Kier alpha value is -2.16. The fourth-order valence-electron chi connectivity index (χ4n) is 1.70. The normalized spacial score (nSPS) is 10.1. The number of rotatable bonds is 7. The van der Waals surface area contributed by atoms with Crippen LogP contribution in [0.3, 0.4) is 0 Å². The van der Waals surface area contributed by atoms with Crippen LogP contribution in [0.5, 0.6) is 0 Å². The molecule has 1 heterocycles. The Labute approximate surface area is 112 Å². The minimum absolute atomic E-state index is 0.183. The van der Waals surface area contributed by atoms with Gasteiger partial charge in [0.05, 0.1) is 0 Å². The van der Waals surface area contributed by atoms with E-state index in [1.165, 1.54) is 4.57 Å². The third kappa shape index (κ3) is 3.91. The van der Waals surface area contributed by atoms with Gasteiger partial charge in [-0.25, -0.2) is 4.79 Å². The highest BCUT2D eigenvalue weighted by atomic mass is 16.2. The van der Waals surface area contributed by atoms with Crippen LogP contribution in [0.25, 0.3) is 0 Å². The number of nitrogens with one attached hydrogen (secondary N) is 2. The van der Waals surface area contributed by atoms with Gasteiger partial charge in [0.15, 0.2) is 0 Å². The first-order chi connectivity index (χ1) is 9.11. The number of anilines is 2. The largest absolute Gasteiger partial charge is 0.383 e. The lowest BCUT2D eigenvalue weighted by Crippen LogP contribution is -2.34. The summed E-state index contributed by atoms with van der Waals surface area (Å²) in [5, 5.41) is 2.94. The molecule has 0 atom stereocenters. The summed E-state index contributed by atoms with van der Waals surface area (Å²) in [4.78, 5) is 25.6. The molecule has 0 saturated heterocycles. The third-order valence-corrected chi connectivity index (χ3v) is 2.77. The van der Waals surface area contributed by atoms with Crippen molar-refractivity contribution < 1.29 is 0 Å². The molecule has 0 aliphatic heterocycles. The number of H-pyrrole nitrogens is 1. The molecule has 0 bridgehead atoms. The third-order valence-electron chi connectivity index (χ3n) is 2.77. The van der Waals surface area contributed by atoms with Gasteiger partial charge >= 0.3 is 5.69 Å². The number of aromatic nitrogens is 2. The predicted octanol–water partition coefficient (Wildman–Crippen LogP) is 0.744.